The molecule has 0 aromatic rings. The zero-order valence-corrected chi connectivity index (χ0v) is 9.02. The number of carbonyl (C=O) groups excluding carboxylic acids is 1. The first kappa shape index (κ1) is 10.6. The molecule has 3 N–H and O–H groups in total. The molecule has 1 heterocycles. The Morgan fingerprint density at radius 1 is 1.60 bits per heavy atom. The third kappa shape index (κ3) is 2.21. The second-order valence-corrected chi connectivity index (χ2v) is 4.90. The van der Waals surface area contributed by atoms with Crippen molar-refractivity contribution in [3.8, 4) is 0 Å². The average Bonchev–Trinajstić information content (AvgIpc) is 2.71. The van der Waals surface area contributed by atoms with Crippen molar-refractivity contribution in [2.75, 3.05) is 13.1 Å². The maximum Gasteiger partial charge on any atom is 0.229 e. The fourth-order valence-corrected chi connectivity index (χ4v) is 2.28. The van der Waals surface area contributed by atoms with E-state index in [1.54, 1.807) is 11.8 Å². The van der Waals surface area contributed by atoms with Crippen molar-refractivity contribution in [2.45, 2.75) is 31.4 Å². The highest BCUT2D eigenvalue weighted by molar-refractivity contribution is 5.81. The lowest BCUT2D eigenvalue weighted by Crippen LogP contribution is -2.37. The number of amides is 1. The molecule has 0 bridgehead atoms. The molecule has 0 spiro atoms. The van der Waals surface area contributed by atoms with Crippen molar-refractivity contribution in [1.29, 1.82) is 0 Å². The molecule has 1 amide bonds. The normalized spacial score (nSPS) is 40.1. The molecule has 84 valence electrons. The van der Waals surface area contributed by atoms with Crippen LogP contribution in [0.2, 0.25) is 0 Å². The van der Waals surface area contributed by atoms with Gasteiger partial charge in [-0.25, -0.2) is 0 Å². The maximum atomic E-state index is 12.0. The van der Waals surface area contributed by atoms with Gasteiger partial charge >= 0.3 is 0 Å². The molecular weight excluding hydrogens is 192 g/mol. The molecule has 1 fully saturated rings. The highest BCUT2D eigenvalue weighted by Gasteiger charge is 2.36. The van der Waals surface area contributed by atoms with Crippen LogP contribution in [0.25, 0.3) is 0 Å². The van der Waals surface area contributed by atoms with Crippen LogP contribution in [0.4, 0.5) is 0 Å². The summed E-state index contributed by atoms with van der Waals surface area (Å²) in [5.74, 6) is 0.0332. The molecule has 0 aromatic carbocycles. The number of carbonyl (C=O) groups is 1. The number of rotatable bonds is 1. The Morgan fingerprint density at radius 2 is 2.33 bits per heavy atom. The summed E-state index contributed by atoms with van der Waals surface area (Å²) < 4.78 is 0. The summed E-state index contributed by atoms with van der Waals surface area (Å²) >= 11 is 0. The number of β-amino-alcohol motifs (C(OH)–C–C–N with tert-alkyl or cyclic N) is 1. The Balaban J connectivity index is 1.95. The highest BCUT2D eigenvalue weighted by Crippen LogP contribution is 2.25. The molecule has 3 unspecified atom stereocenters. The van der Waals surface area contributed by atoms with E-state index >= 15 is 0 Å². The lowest BCUT2D eigenvalue weighted by atomic mass is 10.1. The lowest BCUT2D eigenvalue weighted by Gasteiger charge is -2.21. The topological polar surface area (TPSA) is 66.6 Å². The molecule has 0 aromatic heterocycles. The van der Waals surface area contributed by atoms with E-state index in [4.69, 9.17) is 5.73 Å². The van der Waals surface area contributed by atoms with Crippen molar-refractivity contribution < 1.29 is 9.90 Å². The zero-order chi connectivity index (χ0) is 11.1. The van der Waals surface area contributed by atoms with Gasteiger partial charge in [0.05, 0.1) is 11.5 Å². The van der Waals surface area contributed by atoms with E-state index in [0.717, 1.165) is 0 Å². The number of nitrogens with two attached hydrogens (primary N) is 1. The zero-order valence-electron chi connectivity index (χ0n) is 9.02. The van der Waals surface area contributed by atoms with Gasteiger partial charge < -0.3 is 15.7 Å². The van der Waals surface area contributed by atoms with Gasteiger partial charge in [-0.1, -0.05) is 12.2 Å². The van der Waals surface area contributed by atoms with Gasteiger partial charge in [-0.05, 0) is 19.8 Å². The molecular formula is C11H18N2O2. The SMILES string of the molecule is CC1(O)CCN(C(=O)C2C=CC(N)C2)C1. The summed E-state index contributed by atoms with van der Waals surface area (Å²) in [6.07, 6.45) is 5.15. The molecule has 15 heavy (non-hydrogen) atoms. The lowest BCUT2D eigenvalue weighted by molar-refractivity contribution is -0.133. The standard InChI is InChI=1S/C11H18N2O2/c1-11(15)4-5-13(7-11)10(14)8-2-3-9(12)6-8/h2-3,8-9,15H,4-7,12H2,1H3. The minimum atomic E-state index is -0.708. The van der Waals surface area contributed by atoms with Gasteiger partial charge in [-0.2, -0.15) is 0 Å². The van der Waals surface area contributed by atoms with E-state index in [0.29, 0.717) is 25.9 Å². The van der Waals surface area contributed by atoms with Crippen LogP contribution in [0, 0.1) is 5.92 Å². The first-order valence-electron chi connectivity index (χ1n) is 5.43. The van der Waals surface area contributed by atoms with Crippen molar-refractivity contribution >= 4 is 5.91 Å². The minimum absolute atomic E-state index is 0.0158. The predicted molar refractivity (Wildman–Crippen MR) is 57.0 cm³/mol. The molecule has 1 aliphatic carbocycles. The summed E-state index contributed by atoms with van der Waals surface area (Å²) in [6.45, 7) is 2.88. The Labute approximate surface area is 89.7 Å². The number of nitrogens with zero attached hydrogens (tertiary/aromatic N) is 1. The summed E-state index contributed by atoms with van der Waals surface area (Å²) in [7, 11) is 0. The summed E-state index contributed by atoms with van der Waals surface area (Å²) in [5.41, 5.74) is 5.00. The summed E-state index contributed by atoms with van der Waals surface area (Å²) in [6, 6.07) is 0.0158. The second kappa shape index (κ2) is 3.61. The Hall–Kier alpha value is -0.870. The van der Waals surface area contributed by atoms with Crippen LogP contribution in [0.3, 0.4) is 0 Å². The molecule has 1 saturated heterocycles. The van der Waals surface area contributed by atoms with Gasteiger partial charge in [-0.15, -0.1) is 0 Å². The minimum Gasteiger partial charge on any atom is -0.388 e. The third-order valence-corrected chi connectivity index (χ3v) is 3.20. The van der Waals surface area contributed by atoms with Gasteiger partial charge in [0.2, 0.25) is 5.91 Å². The first-order valence-corrected chi connectivity index (χ1v) is 5.43. The highest BCUT2D eigenvalue weighted by atomic mass is 16.3. The van der Waals surface area contributed by atoms with Crippen LogP contribution < -0.4 is 5.73 Å². The average molecular weight is 210 g/mol. The molecule has 1 aliphatic heterocycles. The Bertz CT molecular complexity index is 299. The van der Waals surface area contributed by atoms with Gasteiger partial charge in [0, 0.05) is 19.1 Å². The van der Waals surface area contributed by atoms with Crippen molar-refractivity contribution in [3.05, 3.63) is 12.2 Å². The van der Waals surface area contributed by atoms with Gasteiger partial charge in [0.15, 0.2) is 0 Å². The number of hydrogen-bond acceptors (Lipinski definition) is 3. The molecule has 0 saturated carbocycles. The van der Waals surface area contributed by atoms with Crippen molar-refractivity contribution in [2.24, 2.45) is 11.7 Å². The molecule has 4 heteroatoms. The van der Waals surface area contributed by atoms with Crippen LogP contribution >= 0.6 is 0 Å². The molecule has 4 nitrogen and oxygen atoms in total. The summed E-state index contributed by atoms with van der Waals surface area (Å²) in [5, 5.41) is 9.77. The molecule has 0 radical (unpaired) electrons. The summed E-state index contributed by atoms with van der Waals surface area (Å²) in [4.78, 5) is 13.7. The van der Waals surface area contributed by atoms with E-state index in [2.05, 4.69) is 0 Å². The van der Waals surface area contributed by atoms with Crippen LogP contribution in [-0.2, 0) is 4.79 Å². The van der Waals surface area contributed by atoms with E-state index < -0.39 is 5.60 Å². The van der Waals surface area contributed by atoms with Gasteiger partial charge in [-0.3, -0.25) is 4.79 Å². The first-order chi connectivity index (χ1) is 6.98. The van der Waals surface area contributed by atoms with Crippen molar-refractivity contribution in [3.63, 3.8) is 0 Å². The fourth-order valence-electron chi connectivity index (χ4n) is 2.28. The van der Waals surface area contributed by atoms with Crippen molar-refractivity contribution in [1.82, 2.24) is 4.90 Å². The van der Waals surface area contributed by atoms with Crippen LogP contribution in [0.15, 0.2) is 12.2 Å². The van der Waals surface area contributed by atoms with E-state index in [1.165, 1.54) is 0 Å². The maximum absolute atomic E-state index is 12.0. The third-order valence-electron chi connectivity index (χ3n) is 3.20. The molecule has 2 aliphatic rings. The Morgan fingerprint density at radius 3 is 2.80 bits per heavy atom. The molecule has 3 atom stereocenters. The van der Waals surface area contributed by atoms with Crippen LogP contribution in [-0.4, -0.2) is 40.6 Å². The van der Waals surface area contributed by atoms with Gasteiger partial charge in [0.1, 0.15) is 0 Å². The van der Waals surface area contributed by atoms with Crippen LogP contribution in [0.5, 0.6) is 0 Å². The number of likely N-dealkylation sites (tertiary alicyclic amines) is 1. The van der Waals surface area contributed by atoms with Gasteiger partial charge in [0.25, 0.3) is 0 Å². The largest absolute Gasteiger partial charge is 0.388 e. The van der Waals surface area contributed by atoms with E-state index in [1.807, 2.05) is 12.2 Å². The smallest absolute Gasteiger partial charge is 0.229 e. The Kier molecular flexibility index (Phi) is 2.56. The number of aliphatic hydroxyl groups is 1. The molecule has 2 rings (SSSR count). The quantitative estimate of drug-likeness (QED) is 0.593. The monoisotopic (exact) mass is 210 g/mol. The fraction of sp³-hybridized carbons (Fsp3) is 0.727. The second-order valence-electron chi connectivity index (χ2n) is 4.90. The van der Waals surface area contributed by atoms with E-state index in [9.17, 15) is 9.90 Å². The number of hydrogen-bond donors (Lipinski definition) is 2. The van der Waals surface area contributed by atoms with Crippen LogP contribution in [0.1, 0.15) is 19.8 Å². The van der Waals surface area contributed by atoms with E-state index in [-0.39, 0.29) is 17.9 Å². The predicted octanol–water partition coefficient (Wildman–Crippen LogP) is -0.127.